The zero-order valence-corrected chi connectivity index (χ0v) is 15.7. The average Bonchev–Trinajstić information content (AvgIpc) is 3.43. The lowest BCUT2D eigenvalue weighted by Crippen LogP contribution is -2.28. The van der Waals surface area contributed by atoms with Gasteiger partial charge < -0.3 is 10.1 Å². The van der Waals surface area contributed by atoms with Crippen LogP contribution in [0.25, 0.3) is 0 Å². The van der Waals surface area contributed by atoms with Crippen molar-refractivity contribution in [2.45, 2.75) is 28.9 Å². The lowest BCUT2D eigenvalue weighted by atomic mass is 9.96. The summed E-state index contributed by atoms with van der Waals surface area (Å²) >= 11 is 6.29. The van der Waals surface area contributed by atoms with Gasteiger partial charge in [-0.1, -0.05) is 35.5 Å². The quantitative estimate of drug-likeness (QED) is 0.521. The Labute approximate surface area is 164 Å². The molecule has 1 N–H and O–H groups in total. The van der Waals surface area contributed by atoms with Gasteiger partial charge in [-0.2, -0.15) is 8.78 Å². The summed E-state index contributed by atoms with van der Waals surface area (Å²) in [6.07, 6.45) is 1.33. The third-order valence-corrected chi connectivity index (χ3v) is 5.21. The van der Waals surface area contributed by atoms with E-state index in [2.05, 4.69) is 5.32 Å². The van der Waals surface area contributed by atoms with E-state index in [-0.39, 0.29) is 0 Å². The number of anilines is 1. The van der Waals surface area contributed by atoms with Crippen LogP contribution in [0.5, 0.6) is 0 Å². The summed E-state index contributed by atoms with van der Waals surface area (Å²) in [4.78, 5) is 24.8. The highest BCUT2D eigenvalue weighted by molar-refractivity contribution is 7.99. The molecule has 1 aliphatic carbocycles. The number of benzene rings is 2. The van der Waals surface area contributed by atoms with Gasteiger partial charge in [0.25, 0.3) is 11.7 Å². The zero-order chi connectivity index (χ0) is 19.4. The first-order valence-electron chi connectivity index (χ1n) is 8.17. The van der Waals surface area contributed by atoms with Crippen molar-refractivity contribution in [1.82, 2.24) is 0 Å². The number of alkyl halides is 2. The highest BCUT2D eigenvalue weighted by Crippen LogP contribution is 2.49. The van der Waals surface area contributed by atoms with E-state index in [1.807, 2.05) is 0 Å². The summed E-state index contributed by atoms with van der Waals surface area (Å²) in [5.74, 6) is -3.44. The smallest absolute Gasteiger partial charge is 0.317 e. The van der Waals surface area contributed by atoms with Crippen LogP contribution in [0.2, 0.25) is 5.02 Å². The molecule has 1 saturated carbocycles. The normalized spacial score (nSPS) is 14.7. The maximum Gasteiger partial charge on any atom is 0.317 e. The van der Waals surface area contributed by atoms with Gasteiger partial charge in [-0.3, -0.25) is 9.59 Å². The fraction of sp³-hybridized carbons (Fsp3) is 0.263. The largest absolute Gasteiger partial charge is 0.455 e. The van der Waals surface area contributed by atoms with E-state index in [1.165, 1.54) is 24.3 Å². The Balaban J connectivity index is 1.51. The molecule has 0 spiro atoms. The van der Waals surface area contributed by atoms with Crippen LogP contribution < -0.4 is 5.32 Å². The van der Waals surface area contributed by atoms with E-state index < -0.39 is 29.7 Å². The Bertz CT molecular complexity index is 824. The highest BCUT2D eigenvalue weighted by atomic mass is 35.5. The average molecular weight is 412 g/mol. The predicted octanol–water partition coefficient (Wildman–Crippen LogP) is 4.87. The summed E-state index contributed by atoms with van der Waals surface area (Å²) in [6.45, 7) is -0.415. The van der Waals surface area contributed by atoms with Crippen molar-refractivity contribution in [2.24, 2.45) is 0 Å². The minimum atomic E-state index is -2.50. The number of carbonyl (C=O) groups excluding carboxylic acids is 2. The van der Waals surface area contributed by atoms with Gasteiger partial charge in [0.1, 0.15) is 0 Å². The number of amides is 1. The summed E-state index contributed by atoms with van der Waals surface area (Å²) < 4.78 is 29.8. The Morgan fingerprint density at radius 1 is 1.11 bits per heavy atom. The van der Waals surface area contributed by atoms with Crippen LogP contribution in [0.3, 0.4) is 0 Å². The Morgan fingerprint density at radius 2 is 1.74 bits per heavy atom. The molecule has 1 aliphatic rings. The van der Waals surface area contributed by atoms with Gasteiger partial charge in [-0.15, -0.1) is 0 Å². The van der Waals surface area contributed by atoms with E-state index in [0.717, 1.165) is 5.56 Å². The number of carbonyl (C=O) groups is 2. The second kappa shape index (κ2) is 8.27. The fourth-order valence-electron chi connectivity index (χ4n) is 2.69. The van der Waals surface area contributed by atoms with E-state index in [0.29, 0.717) is 40.2 Å². The lowest BCUT2D eigenvalue weighted by Gasteiger charge is -2.15. The van der Waals surface area contributed by atoms with Crippen molar-refractivity contribution in [3.8, 4) is 0 Å². The molecule has 0 heterocycles. The predicted molar refractivity (Wildman–Crippen MR) is 100 cm³/mol. The van der Waals surface area contributed by atoms with Gasteiger partial charge >= 0.3 is 5.97 Å². The number of rotatable bonds is 7. The molecular formula is C19H16ClF2NO3S. The number of ether oxygens (including phenoxy) is 1. The molecule has 1 fully saturated rings. The van der Waals surface area contributed by atoms with Crippen LogP contribution in [0.4, 0.5) is 14.5 Å². The van der Waals surface area contributed by atoms with Crippen LogP contribution in [-0.4, -0.2) is 24.2 Å². The molecule has 0 unspecified atom stereocenters. The number of halogens is 3. The summed E-state index contributed by atoms with van der Waals surface area (Å²) in [5, 5.41) is 3.15. The van der Waals surface area contributed by atoms with Crippen molar-refractivity contribution in [1.29, 1.82) is 0 Å². The number of hydrogen-bond acceptors (Lipinski definition) is 4. The topological polar surface area (TPSA) is 55.4 Å². The standard InChI is InChI=1S/C19H16ClF2NO3S/c20-13-3-1-12(2-4-13)19(9-10-19)17(25)26-11-16(24)23-14-5-7-15(8-6-14)27-18(21)22/h1-8,18H,9-11H2,(H,23,24). The monoisotopic (exact) mass is 411 g/mol. The number of hydrogen-bond donors (Lipinski definition) is 1. The van der Waals surface area contributed by atoms with E-state index in [1.54, 1.807) is 24.3 Å². The van der Waals surface area contributed by atoms with Crippen molar-refractivity contribution < 1.29 is 23.1 Å². The van der Waals surface area contributed by atoms with Gasteiger partial charge in [0, 0.05) is 15.6 Å². The molecule has 1 amide bonds. The lowest BCUT2D eigenvalue weighted by molar-refractivity contribution is -0.150. The third-order valence-electron chi connectivity index (χ3n) is 4.24. The fourth-order valence-corrected chi connectivity index (χ4v) is 3.32. The second-order valence-electron chi connectivity index (χ2n) is 6.12. The maximum atomic E-state index is 12.4. The maximum absolute atomic E-state index is 12.4. The molecule has 0 radical (unpaired) electrons. The Morgan fingerprint density at radius 3 is 2.30 bits per heavy atom. The van der Waals surface area contributed by atoms with Crippen molar-refractivity contribution >= 4 is 40.9 Å². The van der Waals surface area contributed by atoms with Crippen molar-refractivity contribution in [3.05, 3.63) is 59.1 Å². The first-order chi connectivity index (χ1) is 12.9. The molecule has 4 nitrogen and oxygen atoms in total. The van der Waals surface area contributed by atoms with Gasteiger partial charge in [0.05, 0.1) is 5.41 Å². The summed E-state index contributed by atoms with van der Waals surface area (Å²) in [6, 6.07) is 13.0. The minimum absolute atomic E-state index is 0.396. The molecule has 0 atom stereocenters. The molecule has 0 saturated heterocycles. The molecule has 142 valence electrons. The van der Waals surface area contributed by atoms with E-state index >= 15 is 0 Å². The summed E-state index contributed by atoms with van der Waals surface area (Å²) in [5.41, 5.74) is 0.567. The van der Waals surface area contributed by atoms with Gasteiger partial charge in [0.15, 0.2) is 6.61 Å². The van der Waals surface area contributed by atoms with Gasteiger partial charge in [-0.25, -0.2) is 0 Å². The SMILES string of the molecule is O=C(COC(=O)C1(c2ccc(Cl)cc2)CC1)Nc1ccc(SC(F)F)cc1. The molecule has 0 aromatic heterocycles. The van der Waals surface area contributed by atoms with Gasteiger partial charge in [-0.05, 0) is 54.8 Å². The first-order valence-corrected chi connectivity index (χ1v) is 9.43. The second-order valence-corrected chi connectivity index (χ2v) is 7.62. The number of thioether (sulfide) groups is 1. The minimum Gasteiger partial charge on any atom is -0.455 e. The molecule has 0 aliphatic heterocycles. The Hall–Kier alpha value is -2.12. The van der Waals surface area contributed by atoms with Crippen molar-refractivity contribution in [2.75, 3.05) is 11.9 Å². The van der Waals surface area contributed by atoms with Gasteiger partial charge in [0.2, 0.25) is 0 Å². The number of esters is 1. The van der Waals surface area contributed by atoms with Crippen LogP contribution in [0.15, 0.2) is 53.4 Å². The first kappa shape index (κ1) is 19.6. The third kappa shape index (κ3) is 4.99. The zero-order valence-electron chi connectivity index (χ0n) is 14.1. The highest BCUT2D eigenvalue weighted by Gasteiger charge is 2.52. The molecule has 0 bridgehead atoms. The van der Waals surface area contributed by atoms with E-state index in [9.17, 15) is 18.4 Å². The van der Waals surface area contributed by atoms with Crippen molar-refractivity contribution in [3.63, 3.8) is 0 Å². The Kier molecular flexibility index (Phi) is 6.01. The molecule has 2 aromatic carbocycles. The van der Waals surface area contributed by atoms with E-state index in [4.69, 9.17) is 16.3 Å². The summed E-state index contributed by atoms with van der Waals surface area (Å²) in [7, 11) is 0. The van der Waals surface area contributed by atoms with Crippen LogP contribution in [0.1, 0.15) is 18.4 Å². The molecule has 8 heteroatoms. The molecular weight excluding hydrogens is 396 g/mol. The number of nitrogens with one attached hydrogen (secondary N) is 1. The van der Waals surface area contributed by atoms with Crippen LogP contribution in [-0.2, 0) is 19.7 Å². The van der Waals surface area contributed by atoms with Crippen LogP contribution >= 0.6 is 23.4 Å². The molecule has 3 rings (SSSR count). The van der Waals surface area contributed by atoms with Crippen LogP contribution in [0, 0.1) is 0 Å². The molecule has 27 heavy (non-hydrogen) atoms. The molecule has 2 aromatic rings.